The van der Waals surface area contributed by atoms with Gasteiger partial charge in [-0.15, -0.1) is 13.2 Å². The minimum absolute atomic E-state index is 0.193. The molecule has 1 fully saturated rings. The van der Waals surface area contributed by atoms with E-state index < -0.39 is 35.1 Å². The zero-order valence-electron chi connectivity index (χ0n) is 16.0. The summed E-state index contributed by atoms with van der Waals surface area (Å²) in [6, 6.07) is 4.79. The highest BCUT2D eigenvalue weighted by molar-refractivity contribution is 5.66. The molecule has 1 aliphatic rings. The van der Waals surface area contributed by atoms with Crippen molar-refractivity contribution in [3.63, 3.8) is 0 Å². The zero-order valence-corrected chi connectivity index (χ0v) is 16.0. The maximum absolute atomic E-state index is 14.6. The van der Waals surface area contributed by atoms with E-state index in [2.05, 4.69) is 11.7 Å². The first-order chi connectivity index (χ1) is 13.7. The largest absolute Gasteiger partial charge is 0.573 e. The summed E-state index contributed by atoms with van der Waals surface area (Å²) in [6.45, 7) is 2.17. The molecule has 0 aromatic heterocycles. The molecule has 158 valence electrons. The van der Waals surface area contributed by atoms with Crippen LogP contribution in [0.25, 0.3) is 11.1 Å². The monoisotopic (exact) mass is 416 g/mol. The van der Waals surface area contributed by atoms with Gasteiger partial charge >= 0.3 is 6.36 Å². The molecule has 0 heterocycles. The van der Waals surface area contributed by atoms with E-state index in [1.807, 2.05) is 0 Å². The lowest BCUT2D eigenvalue weighted by atomic mass is 9.78. The second-order valence-electron chi connectivity index (χ2n) is 7.63. The van der Waals surface area contributed by atoms with E-state index in [1.54, 1.807) is 0 Å². The van der Waals surface area contributed by atoms with Crippen LogP contribution in [0.2, 0.25) is 0 Å². The zero-order chi connectivity index (χ0) is 21.2. The third-order valence-corrected chi connectivity index (χ3v) is 5.62. The van der Waals surface area contributed by atoms with Gasteiger partial charge in [-0.05, 0) is 66.5 Å². The lowest BCUT2D eigenvalue weighted by Gasteiger charge is -2.27. The van der Waals surface area contributed by atoms with Gasteiger partial charge in [-0.2, -0.15) is 0 Å². The molecule has 1 nitrogen and oxygen atoms in total. The summed E-state index contributed by atoms with van der Waals surface area (Å²) in [5, 5.41) is 0. The number of rotatable bonds is 5. The molecule has 1 aliphatic carbocycles. The molecule has 0 aliphatic heterocycles. The van der Waals surface area contributed by atoms with Gasteiger partial charge in [0.15, 0.2) is 11.6 Å². The number of hydrogen-bond donors (Lipinski definition) is 0. The molecular formula is C22H22F6O. The van der Waals surface area contributed by atoms with Gasteiger partial charge in [-0.1, -0.05) is 32.3 Å². The fourth-order valence-corrected chi connectivity index (χ4v) is 4.06. The molecule has 0 atom stereocenters. The SMILES string of the molecule is CCC1CCC(Cc2cc(F)c(-c3ccc(OC(F)(F)F)c(F)c3)c(F)c2)CC1. The molecular weight excluding hydrogens is 394 g/mol. The summed E-state index contributed by atoms with van der Waals surface area (Å²) in [7, 11) is 0. The van der Waals surface area contributed by atoms with E-state index in [9.17, 15) is 26.3 Å². The molecule has 0 spiro atoms. The van der Waals surface area contributed by atoms with Crippen LogP contribution in [-0.4, -0.2) is 6.36 Å². The fraction of sp³-hybridized carbons (Fsp3) is 0.455. The Labute approximate surface area is 165 Å². The van der Waals surface area contributed by atoms with Crippen LogP contribution >= 0.6 is 0 Å². The van der Waals surface area contributed by atoms with E-state index in [-0.39, 0.29) is 5.56 Å². The average molecular weight is 416 g/mol. The van der Waals surface area contributed by atoms with Crippen LogP contribution in [0.3, 0.4) is 0 Å². The molecule has 0 bridgehead atoms. The number of hydrogen-bond acceptors (Lipinski definition) is 1. The topological polar surface area (TPSA) is 9.23 Å². The highest BCUT2D eigenvalue weighted by atomic mass is 19.4. The van der Waals surface area contributed by atoms with Crippen molar-refractivity contribution >= 4 is 0 Å². The third kappa shape index (κ3) is 5.46. The lowest BCUT2D eigenvalue weighted by molar-refractivity contribution is -0.275. The second kappa shape index (κ2) is 8.67. The molecule has 2 aromatic rings. The Bertz CT molecular complexity index is 830. The molecule has 1 saturated carbocycles. The van der Waals surface area contributed by atoms with Gasteiger partial charge in [0, 0.05) is 0 Å². The van der Waals surface area contributed by atoms with Crippen molar-refractivity contribution in [3.8, 4) is 16.9 Å². The number of alkyl halides is 3. The van der Waals surface area contributed by atoms with Gasteiger partial charge in [-0.25, -0.2) is 13.2 Å². The molecule has 0 radical (unpaired) electrons. The maximum atomic E-state index is 14.6. The van der Waals surface area contributed by atoms with Gasteiger partial charge in [0.1, 0.15) is 11.6 Å². The second-order valence-corrected chi connectivity index (χ2v) is 7.63. The fourth-order valence-electron chi connectivity index (χ4n) is 4.06. The van der Waals surface area contributed by atoms with E-state index in [0.29, 0.717) is 30.0 Å². The van der Waals surface area contributed by atoms with Gasteiger partial charge in [0.25, 0.3) is 0 Å². The number of benzene rings is 2. The van der Waals surface area contributed by atoms with Crippen molar-refractivity contribution in [2.75, 3.05) is 0 Å². The minimum Gasteiger partial charge on any atom is -0.403 e. The average Bonchev–Trinajstić information content (AvgIpc) is 2.63. The first-order valence-electron chi connectivity index (χ1n) is 9.70. The van der Waals surface area contributed by atoms with Crippen LogP contribution in [-0.2, 0) is 6.42 Å². The van der Waals surface area contributed by atoms with Crippen LogP contribution in [0.1, 0.15) is 44.6 Å². The van der Waals surface area contributed by atoms with Crippen molar-refractivity contribution in [1.29, 1.82) is 0 Å². The van der Waals surface area contributed by atoms with Crippen molar-refractivity contribution < 1.29 is 31.1 Å². The molecule has 0 N–H and O–H groups in total. The molecule has 0 saturated heterocycles. The van der Waals surface area contributed by atoms with Crippen LogP contribution in [0.5, 0.6) is 5.75 Å². The number of ether oxygens (including phenoxy) is 1. The maximum Gasteiger partial charge on any atom is 0.573 e. The predicted octanol–water partition coefficient (Wildman–Crippen LogP) is 7.43. The van der Waals surface area contributed by atoms with Crippen molar-refractivity contribution in [2.45, 2.75) is 51.8 Å². The lowest BCUT2D eigenvalue weighted by Crippen LogP contribution is -2.18. The minimum atomic E-state index is -5.06. The van der Waals surface area contributed by atoms with Crippen molar-refractivity contribution in [2.24, 2.45) is 11.8 Å². The van der Waals surface area contributed by atoms with Crippen molar-refractivity contribution in [3.05, 3.63) is 53.3 Å². The summed E-state index contributed by atoms with van der Waals surface area (Å²) in [5.41, 5.74) is -0.135. The Morgan fingerprint density at radius 3 is 1.97 bits per heavy atom. The van der Waals surface area contributed by atoms with E-state index in [4.69, 9.17) is 0 Å². The smallest absolute Gasteiger partial charge is 0.403 e. The molecule has 29 heavy (non-hydrogen) atoms. The van der Waals surface area contributed by atoms with Crippen LogP contribution in [0, 0.1) is 29.3 Å². The summed E-state index contributed by atoms with van der Waals surface area (Å²) < 4.78 is 83.4. The standard InChI is InChI=1S/C22H22F6O/c1-2-13-3-5-14(6-4-13)9-15-10-18(24)21(19(25)11-15)16-7-8-20(17(23)12-16)29-22(26,27)28/h7-8,10-14H,2-6,9H2,1H3. The highest BCUT2D eigenvalue weighted by Crippen LogP contribution is 2.35. The third-order valence-electron chi connectivity index (χ3n) is 5.62. The molecule has 2 aromatic carbocycles. The summed E-state index contributed by atoms with van der Waals surface area (Å²) >= 11 is 0. The summed E-state index contributed by atoms with van der Waals surface area (Å²) in [6.07, 6.45) is 0.943. The van der Waals surface area contributed by atoms with E-state index in [1.165, 1.54) is 12.1 Å². The Morgan fingerprint density at radius 2 is 1.45 bits per heavy atom. The van der Waals surface area contributed by atoms with Crippen molar-refractivity contribution in [1.82, 2.24) is 0 Å². The number of halogens is 6. The first kappa shape index (κ1) is 21.5. The van der Waals surface area contributed by atoms with Gasteiger partial charge in [0.05, 0.1) is 5.56 Å². The molecule has 3 rings (SSSR count). The quantitative estimate of drug-likeness (QED) is 0.461. The van der Waals surface area contributed by atoms with Crippen LogP contribution in [0.4, 0.5) is 26.3 Å². The molecule has 0 amide bonds. The van der Waals surface area contributed by atoms with E-state index in [0.717, 1.165) is 44.1 Å². The molecule has 7 heteroatoms. The first-order valence-corrected chi connectivity index (χ1v) is 9.70. The van der Waals surface area contributed by atoms with E-state index >= 15 is 0 Å². The van der Waals surface area contributed by atoms with Crippen LogP contribution < -0.4 is 4.74 Å². The van der Waals surface area contributed by atoms with Crippen LogP contribution in [0.15, 0.2) is 30.3 Å². The Morgan fingerprint density at radius 1 is 0.862 bits per heavy atom. The van der Waals surface area contributed by atoms with Gasteiger partial charge < -0.3 is 4.74 Å². The van der Waals surface area contributed by atoms with Gasteiger partial charge in [0.2, 0.25) is 0 Å². The predicted molar refractivity (Wildman–Crippen MR) is 97.9 cm³/mol. The highest BCUT2D eigenvalue weighted by Gasteiger charge is 2.32. The Balaban J connectivity index is 1.78. The molecule has 0 unspecified atom stereocenters. The summed E-state index contributed by atoms with van der Waals surface area (Å²) in [4.78, 5) is 0. The van der Waals surface area contributed by atoms with Gasteiger partial charge in [-0.3, -0.25) is 0 Å². The normalized spacial score (nSPS) is 20.0. The summed E-state index contributed by atoms with van der Waals surface area (Å²) in [5.74, 6) is -3.05. The Kier molecular flexibility index (Phi) is 6.44. The Hall–Kier alpha value is -2.18.